The summed E-state index contributed by atoms with van der Waals surface area (Å²) in [5, 5.41) is 0. The molecule has 1 aromatic carbocycles. The minimum absolute atomic E-state index is 0.101. The number of nitrogens with zero attached hydrogens (tertiary/aromatic N) is 4. The molecule has 0 saturated carbocycles. The molecule has 0 unspecified atom stereocenters. The number of rotatable bonds is 3. The molecule has 4 rings (SSSR count). The number of methoxy groups -OCH3 is 1. The molecule has 0 atom stereocenters. The number of benzene rings is 1. The zero-order valence-corrected chi connectivity index (χ0v) is 15.0. The molecule has 0 aliphatic carbocycles. The Hall–Kier alpha value is -3.35. The third-order valence-electron chi connectivity index (χ3n) is 4.84. The van der Waals surface area contributed by atoms with Crippen molar-refractivity contribution >= 4 is 17.2 Å². The molecule has 1 aliphatic rings. The third-order valence-corrected chi connectivity index (χ3v) is 4.84. The quantitative estimate of drug-likeness (QED) is 0.707. The summed E-state index contributed by atoms with van der Waals surface area (Å²) in [6.07, 6.45) is 3.01. The maximum absolute atomic E-state index is 12.9. The van der Waals surface area contributed by atoms with Crippen LogP contribution in [0.4, 0.5) is 5.69 Å². The topological polar surface area (TPSA) is 67.2 Å². The molecular weight excluding hydrogens is 344 g/mol. The summed E-state index contributed by atoms with van der Waals surface area (Å²) < 4.78 is 6.83. The summed E-state index contributed by atoms with van der Waals surface area (Å²) in [6.45, 7) is 2.42. The second-order valence-corrected chi connectivity index (χ2v) is 6.36. The van der Waals surface area contributed by atoms with Gasteiger partial charge in [0, 0.05) is 38.6 Å². The number of carbonyl (C=O) groups is 1. The Morgan fingerprint density at radius 1 is 1.04 bits per heavy atom. The Morgan fingerprint density at radius 3 is 2.56 bits per heavy atom. The fourth-order valence-corrected chi connectivity index (χ4v) is 3.39. The Balaban J connectivity index is 1.52. The van der Waals surface area contributed by atoms with Gasteiger partial charge in [-0.05, 0) is 24.3 Å². The van der Waals surface area contributed by atoms with Gasteiger partial charge in [-0.3, -0.25) is 14.0 Å². The molecule has 2 aromatic heterocycles. The summed E-state index contributed by atoms with van der Waals surface area (Å²) in [5.74, 6) is 0.541. The van der Waals surface area contributed by atoms with Crippen molar-refractivity contribution in [3.8, 4) is 5.75 Å². The van der Waals surface area contributed by atoms with Crippen LogP contribution in [0.15, 0.2) is 59.7 Å². The van der Waals surface area contributed by atoms with Crippen LogP contribution in [0.2, 0.25) is 0 Å². The van der Waals surface area contributed by atoms with E-state index in [0.29, 0.717) is 31.8 Å². The standard InChI is InChI=1S/C20H20N4O3/c1-27-17-7-3-2-6-16(17)22-10-12-23(13-11-22)19(25)15-14-21-18-8-4-5-9-24(18)20(15)26/h2-9,14H,10-13H2,1H3. The van der Waals surface area contributed by atoms with Crippen molar-refractivity contribution in [1.82, 2.24) is 14.3 Å². The van der Waals surface area contributed by atoms with Gasteiger partial charge < -0.3 is 14.5 Å². The van der Waals surface area contributed by atoms with E-state index in [1.165, 1.54) is 10.6 Å². The van der Waals surface area contributed by atoms with Gasteiger partial charge in [0.05, 0.1) is 12.8 Å². The Morgan fingerprint density at radius 2 is 1.78 bits per heavy atom. The Labute approximate surface area is 156 Å². The molecule has 1 amide bonds. The van der Waals surface area contributed by atoms with Crippen LogP contribution in [-0.2, 0) is 0 Å². The predicted molar refractivity (Wildman–Crippen MR) is 103 cm³/mol. The van der Waals surface area contributed by atoms with Crippen LogP contribution >= 0.6 is 0 Å². The van der Waals surface area contributed by atoms with Crippen molar-refractivity contribution in [1.29, 1.82) is 0 Å². The largest absolute Gasteiger partial charge is 0.495 e. The van der Waals surface area contributed by atoms with E-state index in [-0.39, 0.29) is 17.0 Å². The normalized spacial score (nSPS) is 14.4. The molecule has 0 bridgehead atoms. The fourth-order valence-electron chi connectivity index (χ4n) is 3.39. The van der Waals surface area contributed by atoms with Crippen LogP contribution in [0.5, 0.6) is 5.75 Å². The minimum atomic E-state index is -0.335. The number of fused-ring (bicyclic) bond motifs is 1. The Kier molecular flexibility index (Phi) is 4.50. The number of hydrogen-bond acceptors (Lipinski definition) is 5. The van der Waals surface area contributed by atoms with Crippen molar-refractivity contribution < 1.29 is 9.53 Å². The second-order valence-electron chi connectivity index (χ2n) is 6.36. The number of ether oxygens (including phenoxy) is 1. The summed E-state index contributed by atoms with van der Waals surface area (Å²) >= 11 is 0. The van der Waals surface area contributed by atoms with Gasteiger partial charge in [0.25, 0.3) is 11.5 Å². The molecule has 0 N–H and O–H groups in total. The lowest BCUT2D eigenvalue weighted by atomic mass is 10.2. The van der Waals surface area contributed by atoms with Gasteiger partial charge in [-0.2, -0.15) is 0 Å². The van der Waals surface area contributed by atoms with Gasteiger partial charge in [0.15, 0.2) is 0 Å². The molecule has 7 nitrogen and oxygen atoms in total. The smallest absolute Gasteiger partial charge is 0.270 e. The average Bonchev–Trinajstić information content (AvgIpc) is 2.74. The van der Waals surface area contributed by atoms with Crippen molar-refractivity contribution in [2.45, 2.75) is 0 Å². The van der Waals surface area contributed by atoms with Crippen molar-refractivity contribution in [3.05, 3.63) is 70.8 Å². The van der Waals surface area contributed by atoms with E-state index in [1.807, 2.05) is 24.3 Å². The van der Waals surface area contributed by atoms with E-state index in [2.05, 4.69) is 9.88 Å². The molecule has 1 aliphatic heterocycles. The summed E-state index contributed by atoms with van der Waals surface area (Å²) in [6, 6.07) is 13.1. The molecule has 0 spiro atoms. The van der Waals surface area contributed by atoms with Crippen LogP contribution < -0.4 is 15.2 Å². The van der Waals surface area contributed by atoms with E-state index >= 15 is 0 Å². The van der Waals surface area contributed by atoms with Gasteiger partial charge in [0.1, 0.15) is 17.0 Å². The first-order valence-electron chi connectivity index (χ1n) is 8.82. The SMILES string of the molecule is COc1ccccc1N1CCN(C(=O)c2cnc3ccccn3c2=O)CC1. The predicted octanol–water partition coefficient (Wildman–Crippen LogP) is 1.67. The number of aromatic nitrogens is 2. The molecule has 3 heterocycles. The van der Waals surface area contributed by atoms with Gasteiger partial charge in [0.2, 0.25) is 0 Å². The van der Waals surface area contributed by atoms with Gasteiger partial charge in [-0.25, -0.2) is 4.98 Å². The van der Waals surface area contributed by atoms with E-state index in [0.717, 1.165) is 11.4 Å². The highest BCUT2D eigenvalue weighted by atomic mass is 16.5. The number of para-hydroxylation sites is 2. The monoisotopic (exact) mass is 364 g/mol. The van der Waals surface area contributed by atoms with Crippen LogP contribution in [0, 0.1) is 0 Å². The first-order valence-corrected chi connectivity index (χ1v) is 8.82. The van der Waals surface area contributed by atoms with Crippen molar-refractivity contribution in [2.24, 2.45) is 0 Å². The highest BCUT2D eigenvalue weighted by Gasteiger charge is 2.25. The first kappa shape index (κ1) is 17.1. The maximum Gasteiger partial charge on any atom is 0.270 e. The highest BCUT2D eigenvalue weighted by molar-refractivity contribution is 5.94. The van der Waals surface area contributed by atoms with Gasteiger partial charge in [-0.1, -0.05) is 18.2 Å². The van der Waals surface area contributed by atoms with E-state index in [9.17, 15) is 9.59 Å². The summed E-state index contributed by atoms with van der Waals surface area (Å²) in [4.78, 5) is 33.6. The number of hydrogen-bond donors (Lipinski definition) is 0. The van der Waals surface area contributed by atoms with Crippen molar-refractivity contribution in [2.75, 3.05) is 38.2 Å². The summed E-state index contributed by atoms with van der Waals surface area (Å²) in [7, 11) is 1.65. The average molecular weight is 364 g/mol. The van der Waals surface area contributed by atoms with Crippen LogP contribution in [0.25, 0.3) is 5.65 Å². The Bertz CT molecular complexity index is 1040. The highest BCUT2D eigenvalue weighted by Crippen LogP contribution is 2.28. The first-order chi connectivity index (χ1) is 13.2. The van der Waals surface area contributed by atoms with E-state index in [4.69, 9.17) is 4.74 Å². The molecule has 0 radical (unpaired) electrons. The molecule has 1 fully saturated rings. The maximum atomic E-state index is 12.9. The van der Waals surface area contributed by atoms with Gasteiger partial charge in [-0.15, -0.1) is 0 Å². The number of pyridine rings is 1. The molecule has 1 saturated heterocycles. The number of piperazine rings is 1. The van der Waals surface area contributed by atoms with Crippen LogP contribution in [0.1, 0.15) is 10.4 Å². The molecular formula is C20H20N4O3. The fraction of sp³-hybridized carbons (Fsp3) is 0.250. The zero-order chi connectivity index (χ0) is 18.8. The lowest BCUT2D eigenvalue weighted by Crippen LogP contribution is -2.49. The molecule has 138 valence electrons. The summed E-state index contributed by atoms with van der Waals surface area (Å²) in [5.41, 5.74) is 1.31. The van der Waals surface area contributed by atoms with Crippen molar-refractivity contribution in [3.63, 3.8) is 0 Å². The van der Waals surface area contributed by atoms with Crippen LogP contribution in [-0.4, -0.2) is 53.5 Å². The van der Waals surface area contributed by atoms with E-state index in [1.54, 1.807) is 36.4 Å². The second kappa shape index (κ2) is 7.11. The zero-order valence-electron chi connectivity index (χ0n) is 15.0. The van der Waals surface area contributed by atoms with Gasteiger partial charge >= 0.3 is 0 Å². The minimum Gasteiger partial charge on any atom is -0.495 e. The number of carbonyl (C=O) groups excluding carboxylic acids is 1. The van der Waals surface area contributed by atoms with Crippen LogP contribution in [0.3, 0.4) is 0 Å². The van der Waals surface area contributed by atoms with E-state index < -0.39 is 0 Å². The molecule has 3 aromatic rings. The third kappa shape index (κ3) is 3.12. The molecule has 27 heavy (non-hydrogen) atoms. The number of anilines is 1. The lowest BCUT2D eigenvalue weighted by molar-refractivity contribution is 0.0744. The number of amides is 1. The lowest BCUT2D eigenvalue weighted by Gasteiger charge is -2.36. The molecule has 7 heteroatoms.